The predicted octanol–water partition coefficient (Wildman–Crippen LogP) is 1.39. The minimum absolute atomic E-state index is 0.0553. The fourth-order valence-corrected chi connectivity index (χ4v) is 2.02. The van der Waals surface area contributed by atoms with E-state index >= 15 is 0 Å². The molecule has 8 heteroatoms. The number of aliphatic carboxylic acids is 1. The van der Waals surface area contributed by atoms with Gasteiger partial charge in [0.25, 0.3) is 5.91 Å². The molecule has 21 heavy (non-hydrogen) atoms. The van der Waals surface area contributed by atoms with Gasteiger partial charge in [0.15, 0.2) is 0 Å². The highest BCUT2D eigenvalue weighted by atomic mass is 79.9. The molecular formula is C13H17BrN2O5. The lowest BCUT2D eigenvalue weighted by Gasteiger charge is -2.16. The third-order valence-electron chi connectivity index (χ3n) is 2.57. The number of amides is 2. The minimum Gasteiger partial charge on any atom is -0.480 e. The lowest BCUT2D eigenvalue weighted by molar-refractivity contribution is -0.142. The third-order valence-corrected chi connectivity index (χ3v) is 3.20. The molecule has 116 valence electrons. The minimum atomic E-state index is -1.10. The van der Waals surface area contributed by atoms with E-state index in [1.807, 2.05) is 13.8 Å². The topological polar surface area (TPSA) is 109 Å². The van der Waals surface area contributed by atoms with Crippen molar-refractivity contribution in [1.82, 2.24) is 10.6 Å². The number of hydrogen-bond acceptors (Lipinski definition) is 4. The van der Waals surface area contributed by atoms with E-state index < -0.39 is 23.8 Å². The zero-order valence-corrected chi connectivity index (χ0v) is 13.3. The van der Waals surface area contributed by atoms with Gasteiger partial charge in [-0.15, -0.1) is 0 Å². The first-order valence-corrected chi connectivity index (χ1v) is 7.14. The zero-order chi connectivity index (χ0) is 16.0. The van der Waals surface area contributed by atoms with Crippen LogP contribution in [0.3, 0.4) is 0 Å². The Morgan fingerprint density at radius 1 is 1.38 bits per heavy atom. The molecule has 1 aromatic heterocycles. The maximum absolute atomic E-state index is 11.7. The highest BCUT2D eigenvalue weighted by molar-refractivity contribution is 9.10. The Bertz CT molecular complexity index is 526. The molecule has 0 aliphatic carbocycles. The number of rotatable bonds is 7. The second kappa shape index (κ2) is 7.82. The van der Waals surface area contributed by atoms with Crippen LogP contribution in [-0.4, -0.2) is 35.5 Å². The Morgan fingerprint density at radius 2 is 2.05 bits per heavy atom. The number of nitrogens with one attached hydrogen (secondary N) is 2. The molecule has 0 fully saturated rings. The number of furan rings is 1. The first-order valence-electron chi connectivity index (χ1n) is 6.34. The maximum atomic E-state index is 11.7. The molecule has 2 amide bonds. The van der Waals surface area contributed by atoms with Crippen molar-refractivity contribution in [1.29, 1.82) is 0 Å². The number of halogens is 1. The Kier molecular flexibility index (Phi) is 6.41. The molecule has 0 aliphatic rings. The second-order valence-corrected chi connectivity index (χ2v) is 5.72. The van der Waals surface area contributed by atoms with Crippen molar-refractivity contribution >= 4 is 33.7 Å². The summed E-state index contributed by atoms with van der Waals surface area (Å²) >= 11 is 3.13. The number of carbonyl (C=O) groups excluding carboxylic acids is 2. The molecule has 1 aromatic rings. The van der Waals surface area contributed by atoms with Gasteiger partial charge < -0.3 is 20.2 Å². The monoisotopic (exact) mass is 360 g/mol. The van der Waals surface area contributed by atoms with Crippen LogP contribution < -0.4 is 10.6 Å². The molecule has 0 saturated carbocycles. The zero-order valence-electron chi connectivity index (χ0n) is 11.7. The number of carbonyl (C=O) groups is 3. The lowest BCUT2D eigenvalue weighted by atomic mass is 10.0. The van der Waals surface area contributed by atoms with Gasteiger partial charge in [-0.2, -0.15) is 0 Å². The molecule has 1 atom stereocenters. The molecule has 0 saturated heterocycles. The largest absolute Gasteiger partial charge is 0.480 e. The molecule has 1 heterocycles. The van der Waals surface area contributed by atoms with Crippen LogP contribution in [0.5, 0.6) is 0 Å². The molecule has 0 aliphatic heterocycles. The Labute approximate surface area is 130 Å². The van der Waals surface area contributed by atoms with E-state index in [0.717, 1.165) is 0 Å². The van der Waals surface area contributed by atoms with Crippen LogP contribution in [0.15, 0.2) is 21.2 Å². The van der Waals surface area contributed by atoms with Gasteiger partial charge in [0.2, 0.25) is 11.7 Å². The molecular weight excluding hydrogens is 344 g/mol. The van der Waals surface area contributed by atoms with Gasteiger partial charge in [0, 0.05) is 0 Å². The van der Waals surface area contributed by atoms with Crippen LogP contribution in [-0.2, 0) is 9.59 Å². The summed E-state index contributed by atoms with van der Waals surface area (Å²) in [6.45, 7) is 3.39. The quantitative estimate of drug-likeness (QED) is 0.680. The van der Waals surface area contributed by atoms with Crippen molar-refractivity contribution in [3.8, 4) is 0 Å². The van der Waals surface area contributed by atoms with Crippen LogP contribution in [0.4, 0.5) is 0 Å². The molecule has 1 rings (SSSR count). The normalized spacial score (nSPS) is 12.0. The smallest absolute Gasteiger partial charge is 0.326 e. The van der Waals surface area contributed by atoms with Crippen molar-refractivity contribution in [2.24, 2.45) is 5.92 Å². The van der Waals surface area contributed by atoms with Gasteiger partial charge in [-0.3, -0.25) is 9.59 Å². The van der Waals surface area contributed by atoms with Crippen LogP contribution in [0.2, 0.25) is 0 Å². The maximum Gasteiger partial charge on any atom is 0.326 e. The summed E-state index contributed by atoms with van der Waals surface area (Å²) in [4.78, 5) is 34.4. The molecule has 0 radical (unpaired) electrons. The molecule has 0 aromatic carbocycles. The summed E-state index contributed by atoms with van der Waals surface area (Å²) in [6.07, 6.45) is 1.65. The van der Waals surface area contributed by atoms with E-state index in [0.29, 0.717) is 10.9 Å². The average molecular weight is 361 g/mol. The summed E-state index contributed by atoms with van der Waals surface area (Å²) in [7, 11) is 0. The molecule has 0 bridgehead atoms. The van der Waals surface area contributed by atoms with Crippen molar-refractivity contribution in [2.45, 2.75) is 26.3 Å². The van der Waals surface area contributed by atoms with Gasteiger partial charge in [0.1, 0.15) is 6.04 Å². The van der Waals surface area contributed by atoms with Crippen LogP contribution in [0, 0.1) is 5.92 Å². The van der Waals surface area contributed by atoms with Crippen LogP contribution in [0.1, 0.15) is 30.8 Å². The van der Waals surface area contributed by atoms with Gasteiger partial charge in [0.05, 0.1) is 17.3 Å². The summed E-state index contributed by atoms with van der Waals surface area (Å²) in [5, 5.41) is 13.7. The first kappa shape index (κ1) is 17.2. The van der Waals surface area contributed by atoms with E-state index in [2.05, 4.69) is 26.6 Å². The van der Waals surface area contributed by atoms with Gasteiger partial charge in [-0.05, 0) is 34.3 Å². The van der Waals surface area contributed by atoms with Gasteiger partial charge >= 0.3 is 5.97 Å². The van der Waals surface area contributed by atoms with Crippen molar-refractivity contribution in [2.75, 3.05) is 6.54 Å². The average Bonchev–Trinajstić information content (AvgIpc) is 2.81. The summed E-state index contributed by atoms with van der Waals surface area (Å²) in [5.41, 5.74) is 0. The molecule has 3 N–H and O–H groups in total. The Morgan fingerprint density at radius 3 is 2.52 bits per heavy atom. The number of hydrogen-bond donors (Lipinski definition) is 3. The van der Waals surface area contributed by atoms with Crippen molar-refractivity contribution < 1.29 is 23.9 Å². The summed E-state index contributed by atoms with van der Waals surface area (Å²) in [5.74, 6) is -2.05. The standard InChI is InChI=1S/C13H17BrN2O5/c1-7(2)5-9(13(19)20)16-10(17)6-15-12(18)11-8(14)3-4-21-11/h3-4,7,9H,5-6H2,1-2H3,(H,15,18)(H,16,17)(H,19,20)/t9-/m0/s1. The summed E-state index contributed by atoms with van der Waals surface area (Å²) < 4.78 is 5.42. The SMILES string of the molecule is CC(C)C[C@H](NC(=O)CNC(=O)c1occc1Br)C(=O)O. The van der Waals surface area contributed by atoms with E-state index in [9.17, 15) is 14.4 Å². The number of carboxylic acid groups (broad SMARTS) is 1. The van der Waals surface area contributed by atoms with E-state index in [-0.39, 0.29) is 18.2 Å². The molecule has 7 nitrogen and oxygen atoms in total. The molecule has 0 spiro atoms. The van der Waals surface area contributed by atoms with Crippen LogP contribution in [0.25, 0.3) is 0 Å². The van der Waals surface area contributed by atoms with Gasteiger partial charge in [-0.1, -0.05) is 13.8 Å². The third kappa shape index (κ3) is 5.58. The second-order valence-electron chi connectivity index (χ2n) is 4.87. The van der Waals surface area contributed by atoms with Crippen LogP contribution >= 0.6 is 15.9 Å². The predicted molar refractivity (Wildman–Crippen MR) is 77.8 cm³/mol. The first-order chi connectivity index (χ1) is 9.81. The summed E-state index contributed by atoms with van der Waals surface area (Å²) in [6, 6.07) is 0.586. The van der Waals surface area contributed by atoms with E-state index in [4.69, 9.17) is 9.52 Å². The molecule has 0 unspecified atom stereocenters. The fourth-order valence-electron chi connectivity index (χ4n) is 1.63. The lowest BCUT2D eigenvalue weighted by Crippen LogP contribution is -2.46. The van der Waals surface area contributed by atoms with E-state index in [1.54, 1.807) is 6.07 Å². The van der Waals surface area contributed by atoms with Crippen molar-refractivity contribution in [3.63, 3.8) is 0 Å². The fraction of sp³-hybridized carbons (Fsp3) is 0.462. The van der Waals surface area contributed by atoms with Gasteiger partial charge in [-0.25, -0.2) is 4.79 Å². The van der Waals surface area contributed by atoms with Crippen molar-refractivity contribution in [3.05, 3.63) is 22.6 Å². The Balaban J connectivity index is 2.48. The highest BCUT2D eigenvalue weighted by Crippen LogP contribution is 2.16. The Hall–Kier alpha value is -1.83. The highest BCUT2D eigenvalue weighted by Gasteiger charge is 2.21. The number of carboxylic acids is 1. The van der Waals surface area contributed by atoms with E-state index in [1.165, 1.54) is 6.26 Å².